The van der Waals surface area contributed by atoms with Crippen LogP contribution in [0.5, 0.6) is 0 Å². The molecule has 5 nitrogen and oxygen atoms in total. The molecule has 2 aromatic rings. The molecule has 0 radical (unpaired) electrons. The Kier molecular flexibility index (Phi) is 4.02. The molecule has 0 spiro atoms. The summed E-state index contributed by atoms with van der Waals surface area (Å²) in [4.78, 5) is 9.58. The van der Waals surface area contributed by atoms with Crippen LogP contribution in [0.4, 0.5) is 16.0 Å². The molecule has 1 N–H and O–H groups in total. The average molecular weight is 259 g/mol. The predicted molar refractivity (Wildman–Crippen MR) is 74.0 cm³/mol. The molecule has 0 aliphatic carbocycles. The highest BCUT2D eigenvalue weighted by atomic mass is 19.1. The first-order chi connectivity index (χ1) is 9.16. The largest absolute Gasteiger partial charge is 0.363 e. The van der Waals surface area contributed by atoms with Gasteiger partial charge in [0, 0.05) is 25.9 Å². The van der Waals surface area contributed by atoms with Crippen LogP contribution < -0.4 is 10.3 Å². The van der Waals surface area contributed by atoms with Crippen LogP contribution in [0.15, 0.2) is 41.6 Å². The van der Waals surface area contributed by atoms with Gasteiger partial charge in [0.25, 0.3) is 0 Å². The van der Waals surface area contributed by atoms with Gasteiger partial charge in [-0.25, -0.2) is 9.97 Å². The lowest BCUT2D eigenvalue weighted by molar-refractivity contribution is 0.581. The van der Waals surface area contributed by atoms with E-state index in [1.54, 1.807) is 49.5 Å². The van der Waals surface area contributed by atoms with Crippen molar-refractivity contribution in [2.45, 2.75) is 0 Å². The molecule has 0 unspecified atom stereocenters. The molecule has 2 aromatic heterocycles. The Morgan fingerprint density at radius 2 is 2.11 bits per heavy atom. The maximum atomic E-state index is 13.7. The topological polar surface area (TPSA) is 53.4 Å². The zero-order chi connectivity index (χ0) is 13.7. The zero-order valence-corrected chi connectivity index (χ0v) is 10.7. The number of hydrogen-bond donors (Lipinski definition) is 1. The summed E-state index contributed by atoms with van der Waals surface area (Å²) in [5.74, 6) is 0.599. The number of nitrogens with zero attached hydrogens (tertiary/aromatic N) is 4. The minimum Gasteiger partial charge on any atom is -0.363 e. The van der Waals surface area contributed by atoms with Gasteiger partial charge in [0.1, 0.15) is 11.6 Å². The van der Waals surface area contributed by atoms with Gasteiger partial charge in [-0.1, -0.05) is 6.07 Å². The average Bonchev–Trinajstić information content (AvgIpc) is 2.41. The normalized spacial score (nSPS) is 10.7. The number of halogens is 1. The van der Waals surface area contributed by atoms with Gasteiger partial charge in [-0.05, 0) is 24.3 Å². The SMILES string of the molecule is CN(C)c1ccc(/C=N\Nc2ccccn2)c(F)n1. The monoisotopic (exact) mass is 259 g/mol. The molecule has 19 heavy (non-hydrogen) atoms. The number of hydrogen-bond acceptors (Lipinski definition) is 5. The van der Waals surface area contributed by atoms with E-state index in [0.29, 0.717) is 17.2 Å². The third-order valence-corrected chi connectivity index (χ3v) is 2.37. The lowest BCUT2D eigenvalue weighted by atomic mass is 10.3. The van der Waals surface area contributed by atoms with E-state index < -0.39 is 5.95 Å². The molecular weight excluding hydrogens is 245 g/mol. The van der Waals surface area contributed by atoms with Gasteiger partial charge in [0.05, 0.1) is 6.21 Å². The molecule has 2 heterocycles. The Bertz CT molecular complexity index is 569. The Hall–Kier alpha value is -2.50. The van der Waals surface area contributed by atoms with Crippen molar-refractivity contribution in [2.24, 2.45) is 5.10 Å². The van der Waals surface area contributed by atoms with Gasteiger partial charge in [0.15, 0.2) is 0 Å². The molecule has 0 fully saturated rings. The zero-order valence-electron chi connectivity index (χ0n) is 10.7. The van der Waals surface area contributed by atoms with Gasteiger partial charge < -0.3 is 4.90 Å². The van der Waals surface area contributed by atoms with E-state index in [1.165, 1.54) is 6.21 Å². The number of pyridine rings is 2. The Labute approximate surface area is 110 Å². The second-order valence-corrected chi connectivity index (χ2v) is 4.03. The predicted octanol–water partition coefficient (Wildman–Crippen LogP) is 2.13. The maximum Gasteiger partial charge on any atom is 0.223 e. The highest BCUT2D eigenvalue weighted by Crippen LogP contribution is 2.10. The summed E-state index contributed by atoms with van der Waals surface area (Å²) in [5, 5.41) is 3.92. The molecule has 0 aliphatic rings. The standard InChI is InChI=1S/C13H14FN5/c1-19(2)12-7-6-10(13(14)17-12)9-16-18-11-5-3-4-8-15-11/h3-9H,1-2H3,(H,15,18)/b16-9-. The summed E-state index contributed by atoms with van der Waals surface area (Å²) >= 11 is 0. The van der Waals surface area contributed by atoms with Crippen molar-refractivity contribution in [1.82, 2.24) is 9.97 Å². The first-order valence-corrected chi connectivity index (χ1v) is 5.71. The van der Waals surface area contributed by atoms with Crippen molar-refractivity contribution < 1.29 is 4.39 Å². The molecule has 6 heteroatoms. The van der Waals surface area contributed by atoms with Crippen molar-refractivity contribution in [2.75, 3.05) is 24.4 Å². The van der Waals surface area contributed by atoms with E-state index in [-0.39, 0.29) is 0 Å². The van der Waals surface area contributed by atoms with Gasteiger partial charge >= 0.3 is 0 Å². The molecular formula is C13H14FN5. The fourth-order valence-corrected chi connectivity index (χ4v) is 1.38. The van der Waals surface area contributed by atoms with Crippen LogP contribution in [0.1, 0.15) is 5.56 Å². The Morgan fingerprint density at radius 1 is 1.26 bits per heavy atom. The van der Waals surface area contributed by atoms with Crippen LogP contribution in [0.25, 0.3) is 0 Å². The van der Waals surface area contributed by atoms with E-state index in [0.717, 1.165) is 0 Å². The molecule has 0 aliphatic heterocycles. The highest BCUT2D eigenvalue weighted by molar-refractivity contribution is 5.80. The van der Waals surface area contributed by atoms with Crippen molar-refractivity contribution >= 4 is 17.9 Å². The van der Waals surface area contributed by atoms with Crippen molar-refractivity contribution in [3.05, 3.63) is 48.0 Å². The van der Waals surface area contributed by atoms with E-state index in [4.69, 9.17) is 0 Å². The highest BCUT2D eigenvalue weighted by Gasteiger charge is 2.04. The summed E-state index contributed by atoms with van der Waals surface area (Å²) in [5.41, 5.74) is 3.03. The van der Waals surface area contributed by atoms with E-state index in [1.807, 2.05) is 6.07 Å². The number of nitrogens with one attached hydrogen (secondary N) is 1. The third-order valence-electron chi connectivity index (χ3n) is 2.37. The Balaban J connectivity index is 2.07. The minimum atomic E-state index is -0.558. The number of hydrazone groups is 1. The van der Waals surface area contributed by atoms with Crippen molar-refractivity contribution in [1.29, 1.82) is 0 Å². The summed E-state index contributed by atoms with van der Waals surface area (Å²) in [7, 11) is 3.61. The third kappa shape index (κ3) is 3.48. The summed E-state index contributed by atoms with van der Waals surface area (Å²) in [6, 6.07) is 8.75. The molecule has 0 amide bonds. The van der Waals surface area contributed by atoms with Crippen LogP contribution in [0.3, 0.4) is 0 Å². The number of aromatic nitrogens is 2. The molecule has 98 valence electrons. The molecule has 0 saturated carbocycles. The number of anilines is 2. The van der Waals surface area contributed by atoms with E-state index in [9.17, 15) is 4.39 Å². The fourth-order valence-electron chi connectivity index (χ4n) is 1.38. The van der Waals surface area contributed by atoms with Crippen LogP contribution in [0, 0.1) is 5.95 Å². The van der Waals surface area contributed by atoms with Gasteiger partial charge in [0.2, 0.25) is 5.95 Å². The summed E-state index contributed by atoms with van der Waals surface area (Å²) in [6.45, 7) is 0. The first-order valence-electron chi connectivity index (χ1n) is 5.71. The van der Waals surface area contributed by atoms with Crippen LogP contribution in [-0.4, -0.2) is 30.3 Å². The van der Waals surface area contributed by atoms with Gasteiger partial charge in [-0.3, -0.25) is 5.43 Å². The smallest absolute Gasteiger partial charge is 0.223 e. The molecule has 0 saturated heterocycles. The van der Waals surface area contributed by atoms with E-state index >= 15 is 0 Å². The quantitative estimate of drug-likeness (QED) is 0.519. The van der Waals surface area contributed by atoms with Gasteiger partial charge in [-0.15, -0.1) is 0 Å². The minimum absolute atomic E-state index is 0.314. The Morgan fingerprint density at radius 3 is 2.74 bits per heavy atom. The van der Waals surface area contributed by atoms with Crippen LogP contribution in [0.2, 0.25) is 0 Å². The van der Waals surface area contributed by atoms with Crippen molar-refractivity contribution in [3.8, 4) is 0 Å². The fraction of sp³-hybridized carbons (Fsp3) is 0.154. The second kappa shape index (κ2) is 5.90. The molecule has 0 aromatic carbocycles. The first kappa shape index (κ1) is 12.9. The second-order valence-electron chi connectivity index (χ2n) is 4.03. The lowest BCUT2D eigenvalue weighted by Crippen LogP contribution is -2.11. The summed E-state index contributed by atoms with van der Waals surface area (Å²) < 4.78 is 13.7. The molecule has 0 bridgehead atoms. The number of rotatable bonds is 4. The molecule has 2 rings (SSSR count). The van der Waals surface area contributed by atoms with Crippen molar-refractivity contribution in [3.63, 3.8) is 0 Å². The maximum absolute atomic E-state index is 13.7. The molecule has 0 atom stereocenters. The van der Waals surface area contributed by atoms with E-state index in [2.05, 4.69) is 20.5 Å². The van der Waals surface area contributed by atoms with Crippen LogP contribution in [-0.2, 0) is 0 Å². The van der Waals surface area contributed by atoms with Gasteiger partial charge in [-0.2, -0.15) is 9.49 Å². The summed E-state index contributed by atoms with van der Waals surface area (Å²) in [6.07, 6.45) is 3.02. The lowest BCUT2D eigenvalue weighted by Gasteiger charge is -2.10. The van der Waals surface area contributed by atoms with Crippen LogP contribution >= 0.6 is 0 Å².